The Morgan fingerprint density at radius 3 is 2.77 bits per heavy atom. The van der Waals surface area contributed by atoms with E-state index in [1.165, 1.54) is 0 Å². The average Bonchev–Trinajstić information content (AvgIpc) is 3.15. The minimum atomic E-state index is -0.301. The molecule has 2 N–H and O–H groups in total. The molecule has 2 rings (SSSR count). The van der Waals surface area contributed by atoms with Crippen LogP contribution in [0.25, 0.3) is 0 Å². The summed E-state index contributed by atoms with van der Waals surface area (Å²) in [5.74, 6) is 0.989. The maximum Gasteiger partial charge on any atom is 0.242 e. The minimum absolute atomic E-state index is 0.0923. The number of nitrogens with one attached hydrogen (secondary N) is 2. The number of nitrogens with zero attached hydrogens (tertiary/aromatic N) is 3. The Morgan fingerprint density at radius 2 is 2.23 bits per heavy atom. The number of aryl methyl sites for hydroxylation is 1. The number of aromatic nitrogens is 3. The van der Waals surface area contributed by atoms with Crippen molar-refractivity contribution < 1.29 is 9.32 Å². The third-order valence-electron chi connectivity index (χ3n) is 3.73. The summed E-state index contributed by atoms with van der Waals surface area (Å²) in [7, 11) is 0. The molecule has 22 heavy (non-hydrogen) atoms. The van der Waals surface area contributed by atoms with Crippen LogP contribution in [0.1, 0.15) is 39.0 Å². The molecule has 0 fully saturated rings. The summed E-state index contributed by atoms with van der Waals surface area (Å²) < 4.78 is 6.83. The molecule has 0 spiro atoms. The van der Waals surface area contributed by atoms with Crippen LogP contribution in [-0.4, -0.2) is 32.9 Å². The zero-order chi connectivity index (χ0) is 16.1. The fraction of sp³-hybridized carbons (Fsp3) is 0.533. The first-order valence-corrected chi connectivity index (χ1v) is 7.50. The summed E-state index contributed by atoms with van der Waals surface area (Å²) in [6, 6.07) is 3.52. The molecule has 2 heterocycles. The van der Waals surface area contributed by atoms with Crippen molar-refractivity contribution in [3.8, 4) is 0 Å². The average molecular weight is 305 g/mol. The molecule has 7 heteroatoms. The van der Waals surface area contributed by atoms with Gasteiger partial charge < -0.3 is 15.2 Å². The molecule has 1 amide bonds. The van der Waals surface area contributed by atoms with Gasteiger partial charge in [-0.2, -0.15) is 5.10 Å². The monoisotopic (exact) mass is 305 g/mol. The largest absolute Gasteiger partial charge is 0.360 e. The van der Waals surface area contributed by atoms with Crippen LogP contribution in [0, 0.1) is 6.92 Å². The lowest BCUT2D eigenvalue weighted by Gasteiger charge is -2.26. The minimum Gasteiger partial charge on any atom is -0.360 e. The highest BCUT2D eigenvalue weighted by molar-refractivity contribution is 5.93. The van der Waals surface area contributed by atoms with E-state index < -0.39 is 0 Å². The van der Waals surface area contributed by atoms with Crippen molar-refractivity contribution in [1.29, 1.82) is 0 Å². The van der Waals surface area contributed by atoms with Crippen molar-refractivity contribution >= 4 is 11.7 Å². The molecule has 2 aromatic heterocycles. The van der Waals surface area contributed by atoms with Gasteiger partial charge in [0.15, 0.2) is 5.82 Å². The molecule has 0 saturated heterocycles. The molecule has 0 aliphatic carbocycles. The predicted molar refractivity (Wildman–Crippen MR) is 83.5 cm³/mol. The molecule has 120 valence electrons. The fourth-order valence-corrected chi connectivity index (χ4v) is 2.22. The Morgan fingerprint density at radius 1 is 1.45 bits per heavy atom. The third kappa shape index (κ3) is 3.94. The zero-order valence-corrected chi connectivity index (χ0v) is 13.4. The maximum absolute atomic E-state index is 12.3. The van der Waals surface area contributed by atoms with Crippen LogP contribution in [0.5, 0.6) is 0 Å². The van der Waals surface area contributed by atoms with Gasteiger partial charge in [0.25, 0.3) is 0 Å². The lowest BCUT2D eigenvalue weighted by atomic mass is 10.1. The van der Waals surface area contributed by atoms with Crippen molar-refractivity contribution in [2.75, 3.05) is 5.32 Å². The summed E-state index contributed by atoms with van der Waals surface area (Å²) in [4.78, 5) is 12.3. The van der Waals surface area contributed by atoms with Crippen molar-refractivity contribution in [3.63, 3.8) is 0 Å². The van der Waals surface area contributed by atoms with Gasteiger partial charge in [-0.3, -0.25) is 9.48 Å². The highest BCUT2D eigenvalue weighted by Gasteiger charge is 2.23. The first kappa shape index (κ1) is 16.2. The number of rotatable bonds is 7. The Bertz CT molecular complexity index is 593. The van der Waals surface area contributed by atoms with Gasteiger partial charge in [-0.05, 0) is 33.3 Å². The highest BCUT2D eigenvalue weighted by Crippen LogP contribution is 2.12. The number of carbonyl (C=O) groups is 1. The molecule has 3 atom stereocenters. The van der Waals surface area contributed by atoms with E-state index in [0.29, 0.717) is 18.0 Å². The van der Waals surface area contributed by atoms with Crippen LogP contribution in [0.4, 0.5) is 5.82 Å². The second-order valence-electron chi connectivity index (χ2n) is 5.45. The van der Waals surface area contributed by atoms with Crippen LogP contribution in [0.15, 0.2) is 29.0 Å². The molecule has 0 saturated carbocycles. The Hall–Kier alpha value is -2.15. The first-order chi connectivity index (χ1) is 10.5. The number of amides is 1. The lowest BCUT2D eigenvalue weighted by Crippen LogP contribution is -2.47. The van der Waals surface area contributed by atoms with Gasteiger partial charge in [-0.25, -0.2) is 0 Å². The van der Waals surface area contributed by atoms with Crippen molar-refractivity contribution in [1.82, 2.24) is 20.3 Å². The fourth-order valence-electron chi connectivity index (χ4n) is 2.22. The number of hydrogen-bond acceptors (Lipinski definition) is 5. The SMILES string of the molecule is CC[C@H](N[C@@H](C)[C@H](C)n1cccn1)C(=O)Nc1cc(C)on1. The van der Waals surface area contributed by atoms with E-state index in [1.807, 2.05) is 30.8 Å². The van der Waals surface area contributed by atoms with Crippen LogP contribution < -0.4 is 10.6 Å². The molecule has 7 nitrogen and oxygen atoms in total. The normalized spacial score (nSPS) is 15.3. The Kier molecular flexibility index (Phi) is 5.32. The molecule has 0 aliphatic heterocycles. The summed E-state index contributed by atoms with van der Waals surface area (Å²) in [5.41, 5.74) is 0. The van der Waals surface area contributed by atoms with Gasteiger partial charge in [-0.15, -0.1) is 0 Å². The zero-order valence-electron chi connectivity index (χ0n) is 13.4. The molecular weight excluding hydrogens is 282 g/mol. The van der Waals surface area contributed by atoms with Crippen LogP contribution in [-0.2, 0) is 4.79 Å². The molecule has 0 aliphatic rings. The van der Waals surface area contributed by atoms with E-state index in [2.05, 4.69) is 27.8 Å². The van der Waals surface area contributed by atoms with Gasteiger partial charge in [0.2, 0.25) is 5.91 Å². The second-order valence-corrected chi connectivity index (χ2v) is 5.45. The van der Waals surface area contributed by atoms with E-state index in [9.17, 15) is 4.79 Å². The van der Waals surface area contributed by atoms with Gasteiger partial charge in [0.05, 0.1) is 12.1 Å². The summed E-state index contributed by atoms with van der Waals surface area (Å²) in [6.45, 7) is 7.86. The Balaban J connectivity index is 1.94. The topological polar surface area (TPSA) is 85.0 Å². The molecule has 0 bridgehead atoms. The summed E-state index contributed by atoms with van der Waals surface area (Å²) in [5, 5.41) is 14.1. The van der Waals surface area contributed by atoms with E-state index >= 15 is 0 Å². The summed E-state index contributed by atoms with van der Waals surface area (Å²) >= 11 is 0. The lowest BCUT2D eigenvalue weighted by molar-refractivity contribution is -0.118. The van der Waals surface area contributed by atoms with E-state index in [-0.39, 0.29) is 24.0 Å². The van der Waals surface area contributed by atoms with Crippen molar-refractivity contribution in [2.45, 2.75) is 52.2 Å². The molecule has 0 radical (unpaired) electrons. The van der Waals surface area contributed by atoms with Gasteiger partial charge in [-0.1, -0.05) is 12.1 Å². The maximum atomic E-state index is 12.3. The quantitative estimate of drug-likeness (QED) is 0.818. The number of anilines is 1. The van der Waals surface area contributed by atoms with E-state index in [0.717, 1.165) is 0 Å². The van der Waals surface area contributed by atoms with Crippen molar-refractivity contribution in [2.24, 2.45) is 0 Å². The predicted octanol–water partition coefficient (Wildman–Crippen LogP) is 2.14. The highest BCUT2D eigenvalue weighted by atomic mass is 16.5. The molecule has 2 aromatic rings. The van der Waals surface area contributed by atoms with Gasteiger partial charge in [0.1, 0.15) is 5.76 Å². The van der Waals surface area contributed by atoms with Crippen LogP contribution in [0.2, 0.25) is 0 Å². The number of hydrogen-bond donors (Lipinski definition) is 2. The number of carbonyl (C=O) groups excluding carboxylic acids is 1. The van der Waals surface area contributed by atoms with E-state index in [4.69, 9.17) is 4.52 Å². The third-order valence-corrected chi connectivity index (χ3v) is 3.73. The van der Waals surface area contributed by atoms with E-state index in [1.54, 1.807) is 19.2 Å². The smallest absolute Gasteiger partial charge is 0.242 e. The van der Waals surface area contributed by atoms with Gasteiger partial charge >= 0.3 is 0 Å². The second kappa shape index (κ2) is 7.22. The standard InChI is InChI=1S/C15H23N5O2/c1-5-13(15(21)18-14-9-10(2)22-19-14)17-11(3)12(4)20-8-6-7-16-20/h6-9,11-13,17H,5H2,1-4H3,(H,18,19,21)/t11-,12-,13-/m0/s1. The van der Waals surface area contributed by atoms with Crippen molar-refractivity contribution in [3.05, 3.63) is 30.3 Å². The summed E-state index contributed by atoms with van der Waals surface area (Å²) in [6.07, 6.45) is 4.35. The molecule has 0 aromatic carbocycles. The Labute approximate surface area is 130 Å². The van der Waals surface area contributed by atoms with Crippen LogP contribution >= 0.6 is 0 Å². The first-order valence-electron chi connectivity index (χ1n) is 7.50. The molecular formula is C15H23N5O2. The van der Waals surface area contributed by atoms with Crippen LogP contribution in [0.3, 0.4) is 0 Å². The molecule has 0 unspecified atom stereocenters. The van der Waals surface area contributed by atoms with Gasteiger partial charge in [0, 0.05) is 24.5 Å².